The smallest absolute Gasteiger partial charge is 0.253 e. The van der Waals surface area contributed by atoms with Crippen LogP contribution in [0.4, 0.5) is 16.0 Å². The zero-order chi connectivity index (χ0) is 20.4. The summed E-state index contributed by atoms with van der Waals surface area (Å²) in [6.45, 7) is 0.662. The molecule has 0 bridgehead atoms. The second-order valence-electron chi connectivity index (χ2n) is 6.90. The van der Waals surface area contributed by atoms with Crippen LogP contribution >= 0.6 is 0 Å². The number of amides is 1. The van der Waals surface area contributed by atoms with Gasteiger partial charge in [0, 0.05) is 11.9 Å². The molecule has 0 saturated heterocycles. The van der Waals surface area contributed by atoms with Crippen LogP contribution in [0.5, 0.6) is 0 Å². The molecule has 146 valence electrons. The molecule has 1 aromatic carbocycles. The van der Waals surface area contributed by atoms with E-state index in [9.17, 15) is 14.4 Å². The van der Waals surface area contributed by atoms with Crippen LogP contribution in [0.25, 0.3) is 10.9 Å². The van der Waals surface area contributed by atoms with Gasteiger partial charge in [-0.2, -0.15) is 5.26 Å². The summed E-state index contributed by atoms with van der Waals surface area (Å²) in [4.78, 5) is 24.9. The fraction of sp³-hybridized carbons (Fsp3) is 0.250. The molecule has 0 spiro atoms. The highest BCUT2D eigenvalue weighted by Crippen LogP contribution is 2.28. The van der Waals surface area contributed by atoms with E-state index in [4.69, 9.17) is 5.73 Å². The molecule has 9 heteroatoms. The number of nitrogen functional groups attached to an aromatic ring is 1. The molecular formula is C20H18FN7O. The Bertz CT molecular complexity index is 1140. The Labute approximate surface area is 166 Å². The first kappa shape index (κ1) is 18.6. The summed E-state index contributed by atoms with van der Waals surface area (Å²) in [7, 11) is 0. The molecular weight excluding hydrogens is 373 g/mol. The van der Waals surface area contributed by atoms with Crippen molar-refractivity contribution in [2.75, 3.05) is 17.6 Å². The minimum absolute atomic E-state index is 0.0462. The van der Waals surface area contributed by atoms with Gasteiger partial charge in [0.1, 0.15) is 40.9 Å². The number of aromatic nitrogens is 3. The number of carbonyl (C=O) groups excluding carboxylic acids is 1. The topological polar surface area (TPSA) is 130 Å². The molecule has 4 N–H and O–H groups in total. The maximum absolute atomic E-state index is 14.2. The van der Waals surface area contributed by atoms with Gasteiger partial charge < -0.3 is 16.4 Å². The molecule has 1 aliphatic carbocycles. The van der Waals surface area contributed by atoms with Crippen LogP contribution in [0.15, 0.2) is 30.6 Å². The van der Waals surface area contributed by atoms with E-state index in [-0.39, 0.29) is 35.2 Å². The maximum Gasteiger partial charge on any atom is 0.253 e. The minimum Gasteiger partial charge on any atom is -0.382 e. The quantitative estimate of drug-likeness (QED) is 0.588. The molecule has 1 amide bonds. The van der Waals surface area contributed by atoms with Gasteiger partial charge in [0.15, 0.2) is 0 Å². The van der Waals surface area contributed by atoms with E-state index < -0.39 is 5.82 Å². The zero-order valence-electron chi connectivity index (χ0n) is 15.4. The lowest BCUT2D eigenvalue weighted by atomic mass is 10.1. The van der Waals surface area contributed by atoms with Crippen LogP contribution < -0.4 is 16.4 Å². The van der Waals surface area contributed by atoms with E-state index in [1.165, 1.54) is 12.4 Å². The van der Waals surface area contributed by atoms with Crippen molar-refractivity contribution < 1.29 is 9.18 Å². The Kier molecular flexibility index (Phi) is 4.91. The van der Waals surface area contributed by atoms with Crippen molar-refractivity contribution in [2.45, 2.75) is 19.4 Å². The minimum atomic E-state index is -0.474. The molecule has 8 nitrogen and oxygen atoms in total. The van der Waals surface area contributed by atoms with Gasteiger partial charge in [0.2, 0.25) is 0 Å². The summed E-state index contributed by atoms with van der Waals surface area (Å²) < 4.78 is 14.2. The Morgan fingerprint density at radius 2 is 2.17 bits per heavy atom. The Hall–Kier alpha value is -3.80. The van der Waals surface area contributed by atoms with Crippen LogP contribution in [0.1, 0.15) is 34.5 Å². The second-order valence-corrected chi connectivity index (χ2v) is 6.90. The summed E-state index contributed by atoms with van der Waals surface area (Å²) in [5.41, 5.74) is 6.66. The highest BCUT2D eigenvalue weighted by atomic mass is 19.1. The summed E-state index contributed by atoms with van der Waals surface area (Å²) in [5, 5.41) is 15.7. The molecule has 1 fully saturated rings. The second kappa shape index (κ2) is 7.67. The number of benzene rings is 1. The van der Waals surface area contributed by atoms with Crippen molar-refractivity contribution in [3.8, 4) is 6.07 Å². The van der Waals surface area contributed by atoms with Crippen molar-refractivity contribution in [3.63, 3.8) is 0 Å². The van der Waals surface area contributed by atoms with Crippen LogP contribution in [0, 0.1) is 23.1 Å². The average Bonchev–Trinajstić information content (AvgIpc) is 3.55. The zero-order valence-corrected chi connectivity index (χ0v) is 15.4. The largest absolute Gasteiger partial charge is 0.382 e. The van der Waals surface area contributed by atoms with E-state index in [1.54, 1.807) is 18.2 Å². The highest BCUT2D eigenvalue weighted by molar-refractivity contribution is 5.98. The van der Waals surface area contributed by atoms with Gasteiger partial charge in [-0.05, 0) is 30.9 Å². The van der Waals surface area contributed by atoms with E-state index in [0.717, 1.165) is 12.8 Å². The van der Waals surface area contributed by atoms with E-state index >= 15 is 0 Å². The van der Waals surface area contributed by atoms with E-state index in [2.05, 4.69) is 25.6 Å². The van der Waals surface area contributed by atoms with Crippen LogP contribution in [0.2, 0.25) is 0 Å². The van der Waals surface area contributed by atoms with Crippen molar-refractivity contribution in [1.29, 1.82) is 5.26 Å². The standard InChI is InChI=1S/C20H18FN7O/c21-15-3-1-2-12-6-13(20(29)25-8-11-4-5-11)16(28-17(12)15)9-24-19-14(7-22)18(23)26-10-27-19/h1-3,6,10-11H,4-5,8-9H2,(H,25,29)(H3,23,24,26,27). The van der Waals surface area contributed by atoms with Crippen molar-refractivity contribution in [2.24, 2.45) is 5.92 Å². The van der Waals surface area contributed by atoms with Gasteiger partial charge in [-0.25, -0.2) is 19.3 Å². The highest BCUT2D eigenvalue weighted by Gasteiger charge is 2.23. The number of hydrogen-bond donors (Lipinski definition) is 3. The summed E-state index contributed by atoms with van der Waals surface area (Å²) >= 11 is 0. The van der Waals surface area contributed by atoms with E-state index in [1.807, 2.05) is 6.07 Å². The number of rotatable bonds is 6. The number of nitrogens with two attached hydrogens (primary N) is 1. The maximum atomic E-state index is 14.2. The number of halogens is 1. The summed E-state index contributed by atoms with van der Waals surface area (Å²) in [6.07, 6.45) is 3.46. The number of anilines is 2. The summed E-state index contributed by atoms with van der Waals surface area (Å²) in [5.74, 6) is 0.0472. The first-order chi connectivity index (χ1) is 14.1. The molecule has 2 aromatic heterocycles. The Balaban J connectivity index is 1.68. The van der Waals surface area contributed by atoms with Gasteiger partial charge >= 0.3 is 0 Å². The fourth-order valence-corrected chi connectivity index (χ4v) is 3.00. The van der Waals surface area contributed by atoms with E-state index in [0.29, 0.717) is 29.1 Å². The molecule has 0 atom stereocenters. The predicted octanol–water partition coefficient (Wildman–Crippen LogP) is 2.37. The van der Waals surface area contributed by atoms with Crippen LogP contribution in [-0.2, 0) is 6.54 Å². The van der Waals surface area contributed by atoms with Gasteiger partial charge in [-0.15, -0.1) is 0 Å². The summed E-state index contributed by atoms with van der Waals surface area (Å²) in [6, 6.07) is 8.17. The number of para-hydroxylation sites is 1. The molecule has 2 heterocycles. The van der Waals surface area contributed by atoms with Gasteiger partial charge in [0.05, 0.1) is 17.8 Å². The molecule has 4 rings (SSSR count). The number of hydrogen-bond acceptors (Lipinski definition) is 7. The van der Waals surface area contributed by atoms with Gasteiger partial charge in [-0.1, -0.05) is 12.1 Å². The lowest BCUT2D eigenvalue weighted by Crippen LogP contribution is -2.27. The number of nitrogens with one attached hydrogen (secondary N) is 2. The first-order valence-corrected chi connectivity index (χ1v) is 9.17. The number of fused-ring (bicyclic) bond motifs is 1. The first-order valence-electron chi connectivity index (χ1n) is 9.17. The molecule has 0 radical (unpaired) electrons. The Morgan fingerprint density at radius 3 is 2.93 bits per heavy atom. The van der Waals surface area contributed by atoms with Crippen molar-refractivity contribution in [1.82, 2.24) is 20.3 Å². The lowest BCUT2D eigenvalue weighted by Gasteiger charge is -2.13. The molecule has 1 aliphatic rings. The van der Waals surface area contributed by atoms with Gasteiger partial charge in [0.25, 0.3) is 5.91 Å². The monoisotopic (exact) mass is 391 g/mol. The SMILES string of the molecule is N#Cc1c(N)ncnc1NCc1nc2c(F)cccc2cc1C(=O)NCC1CC1. The average molecular weight is 391 g/mol. The third-order valence-corrected chi connectivity index (χ3v) is 4.78. The van der Waals surface area contributed by atoms with Gasteiger partial charge in [-0.3, -0.25) is 4.79 Å². The van der Waals surface area contributed by atoms with Crippen molar-refractivity contribution in [3.05, 3.63) is 53.2 Å². The lowest BCUT2D eigenvalue weighted by molar-refractivity contribution is 0.0950. The predicted molar refractivity (Wildman–Crippen MR) is 105 cm³/mol. The molecule has 1 saturated carbocycles. The molecule has 29 heavy (non-hydrogen) atoms. The number of carbonyl (C=O) groups is 1. The third-order valence-electron chi connectivity index (χ3n) is 4.78. The van der Waals surface area contributed by atoms with Crippen LogP contribution in [0.3, 0.4) is 0 Å². The third kappa shape index (κ3) is 3.91. The van der Waals surface area contributed by atoms with Crippen LogP contribution in [-0.4, -0.2) is 27.4 Å². The number of nitriles is 1. The molecule has 0 aliphatic heterocycles. The fourth-order valence-electron chi connectivity index (χ4n) is 3.00. The number of nitrogens with zero attached hydrogens (tertiary/aromatic N) is 4. The van der Waals surface area contributed by atoms with Crippen molar-refractivity contribution >= 4 is 28.4 Å². The normalized spacial score (nSPS) is 13.1. The Morgan fingerprint density at radius 1 is 1.34 bits per heavy atom. The molecule has 0 unspecified atom stereocenters. The molecule has 3 aromatic rings. The number of pyridine rings is 1.